The van der Waals surface area contributed by atoms with Gasteiger partial charge < -0.3 is 4.74 Å². The van der Waals surface area contributed by atoms with Crippen LogP contribution in [-0.2, 0) is 0 Å². The van der Waals surface area contributed by atoms with Crippen LogP contribution in [0.5, 0.6) is 5.75 Å². The maximum atomic E-state index is 12.0. The maximum Gasteiger partial charge on any atom is 0.387 e. The molecule has 0 aliphatic carbocycles. The van der Waals surface area contributed by atoms with Crippen molar-refractivity contribution in [3.8, 4) is 5.75 Å². The number of hydrogen-bond acceptors (Lipinski definition) is 3. The summed E-state index contributed by atoms with van der Waals surface area (Å²) in [5.74, 6) is 6.27. The average molecular weight is 258 g/mol. The van der Waals surface area contributed by atoms with E-state index in [1.807, 2.05) is 0 Å². The van der Waals surface area contributed by atoms with Crippen LogP contribution in [0.25, 0.3) is 0 Å². The van der Waals surface area contributed by atoms with E-state index in [2.05, 4.69) is 24.0 Å². The lowest BCUT2D eigenvalue weighted by atomic mass is 9.98. The molecule has 0 bridgehead atoms. The molecule has 0 aliphatic heterocycles. The molecule has 0 aliphatic rings. The molecule has 0 fully saturated rings. The zero-order valence-electron chi connectivity index (χ0n) is 10.7. The smallest absolute Gasteiger partial charge is 0.387 e. The van der Waals surface area contributed by atoms with Crippen molar-refractivity contribution in [2.24, 2.45) is 11.8 Å². The molecule has 3 N–H and O–H groups in total. The van der Waals surface area contributed by atoms with Crippen LogP contribution in [-0.4, -0.2) is 6.61 Å². The summed E-state index contributed by atoms with van der Waals surface area (Å²) in [5, 5.41) is 0. The van der Waals surface area contributed by atoms with E-state index in [0.29, 0.717) is 5.92 Å². The van der Waals surface area contributed by atoms with Crippen molar-refractivity contribution in [1.82, 2.24) is 5.43 Å². The van der Waals surface area contributed by atoms with Crippen LogP contribution >= 0.6 is 0 Å². The van der Waals surface area contributed by atoms with Gasteiger partial charge in [0.2, 0.25) is 0 Å². The van der Waals surface area contributed by atoms with Gasteiger partial charge in [-0.25, -0.2) is 0 Å². The zero-order chi connectivity index (χ0) is 13.5. The van der Waals surface area contributed by atoms with Gasteiger partial charge in [-0.05, 0) is 36.5 Å². The van der Waals surface area contributed by atoms with Crippen LogP contribution in [0.1, 0.15) is 38.3 Å². The molecule has 0 radical (unpaired) electrons. The Morgan fingerprint density at radius 2 is 1.78 bits per heavy atom. The summed E-state index contributed by atoms with van der Waals surface area (Å²) in [4.78, 5) is 0. The maximum absolute atomic E-state index is 12.0. The largest absolute Gasteiger partial charge is 0.435 e. The van der Waals surface area contributed by atoms with E-state index < -0.39 is 6.61 Å². The summed E-state index contributed by atoms with van der Waals surface area (Å²) in [6, 6.07) is 6.60. The molecule has 3 nitrogen and oxygen atoms in total. The summed E-state index contributed by atoms with van der Waals surface area (Å²) in [7, 11) is 0. The van der Waals surface area contributed by atoms with Crippen molar-refractivity contribution >= 4 is 0 Å². The predicted octanol–water partition coefficient (Wildman–Crippen LogP) is 3.23. The Balaban J connectivity index is 2.63. The topological polar surface area (TPSA) is 47.3 Å². The van der Waals surface area contributed by atoms with Gasteiger partial charge in [0.25, 0.3) is 0 Å². The molecule has 0 heterocycles. The lowest BCUT2D eigenvalue weighted by Gasteiger charge is -2.17. The van der Waals surface area contributed by atoms with Crippen molar-refractivity contribution in [1.29, 1.82) is 0 Å². The molecule has 0 saturated heterocycles. The zero-order valence-corrected chi connectivity index (χ0v) is 10.7. The number of hydrogen-bond donors (Lipinski definition) is 2. The molecule has 0 amide bonds. The van der Waals surface area contributed by atoms with Gasteiger partial charge in [0.05, 0.1) is 0 Å². The van der Waals surface area contributed by atoms with E-state index in [0.717, 1.165) is 18.4 Å². The van der Waals surface area contributed by atoms with E-state index >= 15 is 0 Å². The number of benzene rings is 1. The van der Waals surface area contributed by atoms with Gasteiger partial charge in [0.15, 0.2) is 0 Å². The van der Waals surface area contributed by atoms with Crippen LogP contribution < -0.4 is 16.0 Å². The Bertz CT molecular complexity index is 341. The van der Waals surface area contributed by atoms with E-state index in [1.54, 1.807) is 12.1 Å². The third kappa shape index (κ3) is 4.98. The first kappa shape index (κ1) is 14.9. The van der Waals surface area contributed by atoms with Gasteiger partial charge in [-0.3, -0.25) is 11.3 Å². The molecule has 1 atom stereocenters. The minimum absolute atomic E-state index is 0.0352. The molecule has 0 aromatic heterocycles. The van der Waals surface area contributed by atoms with Gasteiger partial charge >= 0.3 is 6.61 Å². The molecule has 0 saturated carbocycles. The second kappa shape index (κ2) is 7.28. The number of alkyl halides is 2. The Hall–Kier alpha value is -1.20. The third-order valence-corrected chi connectivity index (χ3v) is 2.74. The van der Waals surface area contributed by atoms with Crippen LogP contribution in [0, 0.1) is 5.92 Å². The van der Waals surface area contributed by atoms with Crippen LogP contribution in [0.2, 0.25) is 0 Å². The third-order valence-electron chi connectivity index (χ3n) is 2.74. The Labute approximate surface area is 106 Å². The van der Waals surface area contributed by atoms with Gasteiger partial charge in [0.1, 0.15) is 5.75 Å². The van der Waals surface area contributed by atoms with Crippen molar-refractivity contribution in [2.45, 2.75) is 39.3 Å². The second-order valence-electron chi connectivity index (χ2n) is 4.64. The average Bonchev–Trinajstić information content (AvgIpc) is 2.31. The highest BCUT2D eigenvalue weighted by atomic mass is 19.3. The fourth-order valence-electron chi connectivity index (χ4n) is 1.73. The highest BCUT2D eigenvalue weighted by molar-refractivity contribution is 5.29. The van der Waals surface area contributed by atoms with E-state index in [1.165, 1.54) is 12.1 Å². The highest BCUT2D eigenvalue weighted by Crippen LogP contribution is 2.23. The highest BCUT2D eigenvalue weighted by Gasteiger charge is 2.11. The Kier molecular flexibility index (Phi) is 6.01. The minimum atomic E-state index is -2.79. The molecule has 102 valence electrons. The standard InChI is InChI=1S/C13H20F2N2O/c1-9(2)3-8-12(17-16)10-4-6-11(7-5-10)18-13(14)15/h4-7,9,12-13,17H,3,8,16H2,1-2H3. The van der Waals surface area contributed by atoms with Crippen LogP contribution in [0.3, 0.4) is 0 Å². The normalized spacial score (nSPS) is 13.1. The summed E-state index contributed by atoms with van der Waals surface area (Å²) in [6.07, 6.45) is 1.95. The van der Waals surface area contributed by atoms with Crippen molar-refractivity contribution in [3.63, 3.8) is 0 Å². The lowest BCUT2D eigenvalue weighted by molar-refractivity contribution is -0.0498. The van der Waals surface area contributed by atoms with Crippen molar-refractivity contribution in [3.05, 3.63) is 29.8 Å². The molecule has 1 unspecified atom stereocenters. The number of ether oxygens (including phenoxy) is 1. The lowest BCUT2D eigenvalue weighted by Crippen LogP contribution is -2.28. The fourth-order valence-corrected chi connectivity index (χ4v) is 1.73. The summed E-state index contributed by atoms with van der Waals surface area (Å²) in [6.45, 7) is 1.50. The molecule has 1 aromatic rings. The predicted molar refractivity (Wildman–Crippen MR) is 67.2 cm³/mol. The second-order valence-corrected chi connectivity index (χ2v) is 4.64. The summed E-state index contributed by atoms with van der Waals surface area (Å²) in [5.41, 5.74) is 3.72. The first-order valence-corrected chi connectivity index (χ1v) is 6.03. The molecule has 1 rings (SSSR count). The number of nitrogens with one attached hydrogen (secondary N) is 1. The van der Waals surface area contributed by atoms with Crippen LogP contribution in [0.4, 0.5) is 8.78 Å². The first-order chi connectivity index (χ1) is 8.52. The van der Waals surface area contributed by atoms with Crippen LogP contribution in [0.15, 0.2) is 24.3 Å². The molecular weight excluding hydrogens is 238 g/mol. The molecule has 0 spiro atoms. The quantitative estimate of drug-likeness (QED) is 0.583. The molecule has 5 heteroatoms. The van der Waals surface area contributed by atoms with Crippen molar-refractivity contribution in [2.75, 3.05) is 0 Å². The number of hydrazine groups is 1. The Morgan fingerprint density at radius 3 is 2.22 bits per heavy atom. The van der Waals surface area contributed by atoms with Gasteiger partial charge in [-0.15, -0.1) is 0 Å². The van der Waals surface area contributed by atoms with E-state index in [4.69, 9.17) is 5.84 Å². The molecule has 1 aromatic carbocycles. The van der Waals surface area contributed by atoms with Gasteiger partial charge in [-0.2, -0.15) is 8.78 Å². The minimum Gasteiger partial charge on any atom is -0.435 e. The van der Waals surface area contributed by atoms with E-state index in [-0.39, 0.29) is 11.8 Å². The van der Waals surface area contributed by atoms with Crippen molar-refractivity contribution < 1.29 is 13.5 Å². The fraction of sp³-hybridized carbons (Fsp3) is 0.538. The molecular formula is C13H20F2N2O. The monoisotopic (exact) mass is 258 g/mol. The number of halogens is 2. The SMILES string of the molecule is CC(C)CCC(NN)c1ccc(OC(F)F)cc1. The number of rotatable bonds is 7. The first-order valence-electron chi connectivity index (χ1n) is 6.03. The van der Waals surface area contributed by atoms with Gasteiger partial charge in [-0.1, -0.05) is 26.0 Å². The molecule has 18 heavy (non-hydrogen) atoms. The summed E-state index contributed by atoms with van der Waals surface area (Å²) < 4.78 is 28.3. The Morgan fingerprint density at radius 1 is 1.17 bits per heavy atom. The van der Waals surface area contributed by atoms with E-state index in [9.17, 15) is 8.78 Å². The summed E-state index contributed by atoms with van der Waals surface area (Å²) >= 11 is 0. The van der Waals surface area contributed by atoms with Gasteiger partial charge in [0, 0.05) is 6.04 Å². The number of nitrogens with two attached hydrogens (primary N) is 1.